The molecule has 94 valence electrons. The lowest BCUT2D eigenvalue weighted by Crippen LogP contribution is -2.02. The number of carbonyl (C=O) groups excluding carboxylic acids is 1. The van der Waals surface area contributed by atoms with Gasteiger partial charge in [-0.1, -0.05) is 46.6 Å². The van der Waals surface area contributed by atoms with Crippen molar-refractivity contribution in [3.63, 3.8) is 0 Å². The maximum atomic E-state index is 11.0. The Bertz CT molecular complexity index is 563. The minimum absolute atomic E-state index is 0.407. The lowest BCUT2D eigenvalue weighted by Gasteiger charge is -2.03. The maximum Gasteiger partial charge on any atom is 0.155 e. The third kappa shape index (κ3) is 2.65. The highest BCUT2D eigenvalue weighted by atomic mass is 79.9. The molecule has 1 aromatic heterocycles. The molecule has 0 bridgehead atoms. The minimum Gasteiger partial charge on any atom is -0.298 e. The molecule has 0 radical (unpaired) electrons. The van der Waals surface area contributed by atoms with Crippen molar-refractivity contribution in [1.29, 1.82) is 0 Å². The molecular weight excluding hydrogens is 316 g/mol. The molecule has 3 nitrogen and oxygen atoms in total. The summed E-state index contributed by atoms with van der Waals surface area (Å²) in [5.41, 5.74) is 2.33. The van der Waals surface area contributed by atoms with Gasteiger partial charge >= 0.3 is 0 Å². The van der Waals surface area contributed by atoms with Gasteiger partial charge in [0.05, 0.1) is 17.8 Å². The van der Waals surface area contributed by atoms with Crippen LogP contribution in [0.4, 0.5) is 0 Å². The van der Waals surface area contributed by atoms with Crippen LogP contribution in [0.25, 0.3) is 0 Å². The first kappa shape index (κ1) is 13.3. The van der Waals surface area contributed by atoms with E-state index in [0.29, 0.717) is 23.7 Å². The topological polar surface area (TPSA) is 34.9 Å². The predicted molar refractivity (Wildman–Crippen MR) is 75.2 cm³/mol. The highest BCUT2D eigenvalue weighted by Crippen LogP contribution is 2.20. The van der Waals surface area contributed by atoms with E-state index in [2.05, 4.69) is 21.0 Å². The summed E-state index contributed by atoms with van der Waals surface area (Å²) in [6.07, 6.45) is 1.47. The zero-order chi connectivity index (χ0) is 13.1. The minimum atomic E-state index is 0.407. The molecule has 0 aliphatic heterocycles. The SMILES string of the molecule is CCc1nn(Cc2ccc(Br)cc2)c(Cl)c1C=O. The molecule has 18 heavy (non-hydrogen) atoms. The van der Waals surface area contributed by atoms with Gasteiger partial charge in [-0.3, -0.25) is 4.79 Å². The molecule has 2 rings (SSSR count). The van der Waals surface area contributed by atoms with E-state index < -0.39 is 0 Å². The molecule has 5 heteroatoms. The fraction of sp³-hybridized carbons (Fsp3) is 0.231. The average molecular weight is 328 g/mol. The molecule has 0 aliphatic rings. The van der Waals surface area contributed by atoms with Gasteiger partial charge in [-0.05, 0) is 24.1 Å². The zero-order valence-corrected chi connectivity index (χ0v) is 12.2. The first-order valence-corrected chi connectivity index (χ1v) is 6.77. The van der Waals surface area contributed by atoms with E-state index in [4.69, 9.17) is 11.6 Å². The van der Waals surface area contributed by atoms with E-state index in [9.17, 15) is 4.79 Å². The van der Waals surface area contributed by atoms with Crippen LogP contribution in [0.2, 0.25) is 5.15 Å². The number of aromatic nitrogens is 2. The fourth-order valence-corrected chi connectivity index (χ4v) is 2.26. The highest BCUT2D eigenvalue weighted by Gasteiger charge is 2.14. The third-order valence-corrected chi connectivity index (χ3v) is 3.63. The molecule has 0 aliphatic carbocycles. The predicted octanol–water partition coefficient (Wildman–Crippen LogP) is 3.72. The standard InChI is InChI=1S/C13H12BrClN2O/c1-2-12-11(8-18)13(15)17(16-12)7-9-3-5-10(14)6-4-9/h3-6,8H,2,7H2,1H3. The number of hydrogen-bond acceptors (Lipinski definition) is 2. The van der Waals surface area contributed by atoms with Crippen molar-refractivity contribution in [2.45, 2.75) is 19.9 Å². The van der Waals surface area contributed by atoms with Crippen molar-refractivity contribution in [2.75, 3.05) is 0 Å². The highest BCUT2D eigenvalue weighted by molar-refractivity contribution is 9.10. The van der Waals surface area contributed by atoms with Crippen LogP contribution in [0.3, 0.4) is 0 Å². The van der Waals surface area contributed by atoms with Gasteiger partial charge in [-0.15, -0.1) is 0 Å². The van der Waals surface area contributed by atoms with E-state index >= 15 is 0 Å². The number of carbonyl (C=O) groups is 1. The second kappa shape index (κ2) is 5.67. The Morgan fingerprint density at radius 1 is 1.39 bits per heavy atom. The van der Waals surface area contributed by atoms with Crippen LogP contribution in [0, 0.1) is 0 Å². The first-order valence-electron chi connectivity index (χ1n) is 5.60. The smallest absolute Gasteiger partial charge is 0.155 e. The Morgan fingerprint density at radius 3 is 2.56 bits per heavy atom. The monoisotopic (exact) mass is 326 g/mol. The number of nitrogens with zero attached hydrogens (tertiary/aromatic N) is 2. The quantitative estimate of drug-likeness (QED) is 0.802. The molecule has 0 fully saturated rings. The number of aldehydes is 1. The van der Waals surface area contributed by atoms with E-state index in [1.807, 2.05) is 31.2 Å². The van der Waals surface area contributed by atoms with Gasteiger partial charge in [0, 0.05) is 4.47 Å². The summed E-state index contributed by atoms with van der Waals surface area (Å²) in [7, 11) is 0. The van der Waals surface area contributed by atoms with Crippen molar-refractivity contribution in [3.8, 4) is 0 Å². The first-order chi connectivity index (χ1) is 8.65. The summed E-state index contributed by atoms with van der Waals surface area (Å²) in [6.45, 7) is 2.52. The van der Waals surface area contributed by atoms with Crippen LogP contribution < -0.4 is 0 Å². The van der Waals surface area contributed by atoms with Crippen LogP contribution in [-0.2, 0) is 13.0 Å². The molecule has 0 N–H and O–H groups in total. The van der Waals surface area contributed by atoms with E-state index in [1.54, 1.807) is 4.68 Å². The Labute approximate surface area is 119 Å². The molecule has 2 aromatic rings. The summed E-state index contributed by atoms with van der Waals surface area (Å²) in [5.74, 6) is 0. The summed E-state index contributed by atoms with van der Waals surface area (Å²) >= 11 is 9.54. The molecule has 1 aromatic carbocycles. The summed E-state index contributed by atoms with van der Waals surface area (Å²) in [5, 5.41) is 4.77. The largest absolute Gasteiger partial charge is 0.298 e. The Hall–Kier alpha value is -1.13. The second-order valence-corrected chi connectivity index (χ2v) is 5.18. The maximum absolute atomic E-state index is 11.0. The Balaban J connectivity index is 2.31. The number of aryl methyl sites for hydroxylation is 1. The zero-order valence-electron chi connectivity index (χ0n) is 9.86. The van der Waals surface area contributed by atoms with Gasteiger partial charge in [0.2, 0.25) is 0 Å². The molecule has 0 unspecified atom stereocenters. The lowest BCUT2D eigenvalue weighted by molar-refractivity contribution is 0.112. The summed E-state index contributed by atoms with van der Waals surface area (Å²) in [4.78, 5) is 11.0. The number of halogens is 2. The summed E-state index contributed by atoms with van der Waals surface area (Å²) in [6, 6.07) is 7.92. The van der Waals surface area contributed by atoms with Crippen LogP contribution >= 0.6 is 27.5 Å². The van der Waals surface area contributed by atoms with Crippen LogP contribution in [0.15, 0.2) is 28.7 Å². The van der Waals surface area contributed by atoms with Crippen molar-refractivity contribution >= 4 is 33.8 Å². The van der Waals surface area contributed by atoms with Gasteiger partial charge in [0.15, 0.2) is 6.29 Å². The number of benzene rings is 1. The third-order valence-electron chi connectivity index (χ3n) is 2.70. The molecular formula is C13H12BrClN2O. The molecule has 1 heterocycles. The average Bonchev–Trinajstić information content (AvgIpc) is 2.68. The Kier molecular flexibility index (Phi) is 4.19. The number of hydrogen-bond donors (Lipinski definition) is 0. The van der Waals surface area contributed by atoms with Gasteiger partial charge in [-0.25, -0.2) is 4.68 Å². The molecule has 0 spiro atoms. The van der Waals surface area contributed by atoms with Crippen molar-refractivity contribution in [1.82, 2.24) is 9.78 Å². The van der Waals surface area contributed by atoms with Crippen molar-refractivity contribution in [2.24, 2.45) is 0 Å². The number of rotatable bonds is 4. The summed E-state index contributed by atoms with van der Waals surface area (Å²) < 4.78 is 2.69. The van der Waals surface area contributed by atoms with Crippen molar-refractivity contribution in [3.05, 3.63) is 50.7 Å². The lowest BCUT2D eigenvalue weighted by atomic mass is 10.2. The molecule has 0 atom stereocenters. The second-order valence-electron chi connectivity index (χ2n) is 3.91. The van der Waals surface area contributed by atoms with Gasteiger partial charge < -0.3 is 0 Å². The van der Waals surface area contributed by atoms with Gasteiger partial charge in [-0.2, -0.15) is 5.10 Å². The molecule has 0 saturated carbocycles. The van der Waals surface area contributed by atoms with E-state index in [1.165, 1.54) is 0 Å². The van der Waals surface area contributed by atoms with Gasteiger partial charge in [0.25, 0.3) is 0 Å². The van der Waals surface area contributed by atoms with E-state index in [0.717, 1.165) is 22.0 Å². The van der Waals surface area contributed by atoms with Gasteiger partial charge in [0.1, 0.15) is 5.15 Å². The molecule has 0 saturated heterocycles. The normalized spacial score (nSPS) is 10.6. The van der Waals surface area contributed by atoms with Crippen LogP contribution in [0.1, 0.15) is 28.5 Å². The fourth-order valence-electron chi connectivity index (χ4n) is 1.75. The van der Waals surface area contributed by atoms with Crippen LogP contribution in [-0.4, -0.2) is 16.1 Å². The Morgan fingerprint density at radius 2 is 2.06 bits per heavy atom. The van der Waals surface area contributed by atoms with E-state index in [-0.39, 0.29) is 0 Å². The van der Waals surface area contributed by atoms with Crippen LogP contribution in [0.5, 0.6) is 0 Å². The molecule has 0 amide bonds. The van der Waals surface area contributed by atoms with Crippen molar-refractivity contribution < 1.29 is 4.79 Å².